The number of hydrogen-bond acceptors (Lipinski definition) is 4. The minimum Gasteiger partial charge on any atom is -0.508 e. The molecule has 2 N–H and O–H groups in total. The number of fused-ring (bicyclic) bond motifs is 5. The molecule has 0 saturated heterocycles. The molecule has 2 unspecified atom stereocenters. The summed E-state index contributed by atoms with van der Waals surface area (Å²) < 4.78 is 5.42. The van der Waals surface area contributed by atoms with Crippen LogP contribution in [0.1, 0.15) is 62.5 Å². The van der Waals surface area contributed by atoms with Crippen LogP contribution in [0.3, 0.4) is 0 Å². The topological polar surface area (TPSA) is 66.8 Å². The number of esters is 1. The molecule has 26 heavy (non-hydrogen) atoms. The minimum atomic E-state index is -0.545. The van der Waals surface area contributed by atoms with Crippen LogP contribution in [-0.4, -0.2) is 28.9 Å². The van der Waals surface area contributed by atoms with E-state index in [1.165, 1.54) is 11.1 Å². The molecule has 0 aliphatic heterocycles. The van der Waals surface area contributed by atoms with Crippen molar-refractivity contribution in [2.24, 2.45) is 23.7 Å². The Hall–Kier alpha value is -1.55. The number of aliphatic hydroxyl groups excluding tert-OH is 1. The van der Waals surface area contributed by atoms with Gasteiger partial charge >= 0.3 is 5.97 Å². The van der Waals surface area contributed by atoms with Gasteiger partial charge in [-0.2, -0.15) is 0 Å². The fourth-order valence-electron chi connectivity index (χ4n) is 5.87. The van der Waals surface area contributed by atoms with Crippen LogP contribution in [0.5, 0.6) is 5.75 Å². The number of rotatable bonds is 4. The molecule has 0 spiro atoms. The lowest BCUT2D eigenvalue weighted by Gasteiger charge is -2.44. The zero-order chi connectivity index (χ0) is 18.3. The highest BCUT2D eigenvalue weighted by Gasteiger charge is 2.53. The van der Waals surface area contributed by atoms with E-state index in [0.29, 0.717) is 30.1 Å². The zero-order valence-electron chi connectivity index (χ0n) is 15.6. The number of hydrogen-bond donors (Lipinski definition) is 2. The molecular weight excluding hydrogens is 328 g/mol. The molecule has 1 aromatic carbocycles. The van der Waals surface area contributed by atoms with Crippen molar-refractivity contribution < 1.29 is 19.7 Å². The summed E-state index contributed by atoms with van der Waals surface area (Å²) in [6, 6.07) is 5.80. The predicted molar refractivity (Wildman–Crippen MR) is 98.9 cm³/mol. The van der Waals surface area contributed by atoms with E-state index in [1.807, 2.05) is 6.07 Å². The molecule has 6 atom stereocenters. The molecule has 0 bridgehead atoms. The van der Waals surface area contributed by atoms with Crippen LogP contribution in [-0.2, 0) is 16.0 Å². The first-order valence-electron chi connectivity index (χ1n) is 10.3. The molecule has 2 saturated carbocycles. The largest absolute Gasteiger partial charge is 0.508 e. The number of aryl methyl sites for hydroxylation is 1. The van der Waals surface area contributed by atoms with Crippen molar-refractivity contribution in [1.29, 1.82) is 0 Å². The van der Waals surface area contributed by atoms with E-state index < -0.39 is 6.10 Å². The summed E-state index contributed by atoms with van der Waals surface area (Å²) in [4.78, 5) is 12.5. The Morgan fingerprint density at radius 3 is 2.85 bits per heavy atom. The van der Waals surface area contributed by atoms with Gasteiger partial charge in [0.1, 0.15) is 5.75 Å². The quantitative estimate of drug-likeness (QED) is 0.635. The molecule has 1 aromatic rings. The first kappa shape index (κ1) is 17.8. The summed E-state index contributed by atoms with van der Waals surface area (Å²) in [7, 11) is 0. The van der Waals surface area contributed by atoms with E-state index >= 15 is 0 Å². The normalized spacial score (nSPS) is 35.3. The van der Waals surface area contributed by atoms with Gasteiger partial charge in [0.15, 0.2) is 0 Å². The van der Waals surface area contributed by atoms with Crippen LogP contribution in [0, 0.1) is 23.7 Å². The molecule has 4 rings (SSSR count). The van der Waals surface area contributed by atoms with Gasteiger partial charge in [-0.15, -0.1) is 0 Å². The van der Waals surface area contributed by atoms with Gasteiger partial charge in [0.05, 0.1) is 18.6 Å². The van der Waals surface area contributed by atoms with Crippen LogP contribution >= 0.6 is 0 Å². The minimum absolute atomic E-state index is 0.196. The standard InChI is InChI=1S/C22H30O4/c1-2-3-10-26-22(25)20-12-19-17-6-4-13-11-14(23)5-7-15(13)16(17)8-9-18(19)21(20)24/h5,7,11,16-21,23-24H,2-4,6,8-10,12H2,1H3/t16-,17-,18?,19+,20-,21?/m1/s1. The Balaban J connectivity index is 1.50. The highest BCUT2D eigenvalue weighted by atomic mass is 16.5. The van der Waals surface area contributed by atoms with Crippen LogP contribution in [0.4, 0.5) is 0 Å². The summed E-state index contributed by atoms with van der Waals surface area (Å²) in [6.45, 7) is 2.55. The van der Waals surface area contributed by atoms with E-state index in [2.05, 4.69) is 13.0 Å². The van der Waals surface area contributed by atoms with Crippen LogP contribution < -0.4 is 0 Å². The van der Waals surface area contributed by atoms with Crippen molar-refractivity contribution >= 4 is 5.97 Å². The molecule has 4 heteroatoms. The lowest BCUT2D eigenvalue weighted by molar-refractivity contribution is -0.152. The monoisotopic (exact) mass is 358 g/mol. The molecule has 0 radical (unpaired) electrons. The number of phenolic OH excluding ortho intramolecular Hbond substituents is 1. The summed E-state index contributed by atoms with van der Waals surface area (Å²) in [5.74, 6) is 1.49. The number of unbranched alkanes of at least 4 members (excludes halogenated alkanes) is 1. The third-order valence-electron chi connectivity index (χ3n) is 7.12. The second-order valence-corrected chi connectivity index (χ2v) is 8.45. The highest BCUT2D eigenvalue weighted by Crippen LogP contribution is 2.56. The fourth-order valence-corrected chi connectivity index (χ4v) is 5.87. The first-order valence-corrected chi connectivity index (χ1v) is 10.3. The van der Waals surface area contributed by atoms with Gasteiger partial charge in [-0.3, -0.25) is 4.79 Å². The van der Waals surface area contributed by atoms with Gasteiger partial charge < -0.3 is 14.9 Å². The average molecular weight is 358 g/mol. The second kappa shape index (κ2) is 7.22. The Kier molecular flexibility index (Phi) is 4.96. The summed E-state index contributed by atoms with van der Waals surface area (Å²) in [6.07, 6.45) is 6.23. The molecule has 0 aromatic heterocycles. The SMILES string of the molecule is CCCCOC(=O)[C@@H]1C[C@@H]2C(CC[C@@H]3c4ccc(O)cc4CC[C@H]32)C1O. The maximum atomic E-state index is 12.5. The van der Waals surface area contributed by atoms with Crippen molar-refractivity contribution in [2.45, 2.75) is 63.9 Å². The van der Waals surface area contributed by atoms with E-state index in [-0.39, 0.29) is 17.8 Å². The fraction of sp³-hybridized carbons (Fsp3) is 0.682. The number of aliphatic hydroxyl groups is 1. The van der Waals surface area contributed by atoms with Crippen LogP contribution in [0.2, 0.25) is 0 Å². The third-order valence-corrected chi connectivity index (χ3v) is 7.12. The second-order valence-electron chi connectivity index (χ2n) is 8.45. The lowest BCUT2D eigenvalue weighted by Crippen LogP contribution is -2.37. The molecule has 0 heterocycles. The van der Waals surface area contributed by atoms with Gasteiger partial charge in [-0.25, -0.2) is 0 Å². The summed E-state index contributed by atoms with van der Waals surface area (Å²) in [5.41, 5.74) is 2.65. The van der Waals surface area contributed by atoms with Crippen molar-refractivity contribution in [3.05, 3.63) is 29.3 Å². The summed E-state index contributed by atoms with van der Waals surface area (Å²) in [5, 5.41) is 20.6. The van der Waals surface area contributed by atoms with E-state index in [0.717, 1.165) is 44.9 Å². The Labute approximate surface area is 155 Å². The van der Waals surface area contributed by atoms with Gasteiger partial charge in [0, 0.05) is 0 Å². The molecule has 3 aliphatic carbocycles. The number of carbonyl (C=O) groups excluding carboxylic acids is 1. The van der Waals surface area contributed by atoms with E-state index in [4.69, 9.17) is 4.74 Å². The maximum absolute atomic E-state index is 12.5. The van der Waals surface area contributed by atoms with Crippen LogP contribution in [0.25, 0.3) is 0 Å². The smallest absolute Gasteiger partial charge is 0.311 e. The lowest BCUT2D eigenvalue weighted by atomic mass is 9.61. The first-order chi connectivity index (χ1) is 12.6. The Morgan fingerprint density at radius 1 is 1.19 bits per heavy atom. The van der Waals surface area contributed by atoms with Crippen molar-refractivity contribution in [2.75, 3.05) is 6.61 Å². The number of carbonyl (C=O) groups is 1. The van der Waals surface area contributed by atoms with Crippen molar-refractivity contribution in [1.82, 2.24) is 0 Å². The summed E-state index contributed by atoms with van der Waals surface area (Å²) >= 11 is 0. The average Bonchev–Trinajstić information content (AvgIpc) is 2.98. The number of benzene rings is 1. The zero-order valence-corrected chi connectivity index (χ0v) is 15.6. The van der Waals surface area contributed by atoms with Crippen molar-refractivity contribution in [3.63, 3.8) is 0 Å². The molecule has 142 valence electrons. The maximum Gasteiger partial charge on any atom is 0.311 e. The van der Waals surface area contributed by atoms with Crippen LogP contribution in [0.15, 0.2) is 18.2 Å². The number of ether oxygens (including phenoxy) is 1. The highest BCUT2D eigenvalue weighted by molar-refractivity contribution is 5.73. The van der Waals surface area contributed by atoms with Gasteiger partial charge in [-0.05, 0) is 85.5 Å². The van der Waals surface area contributed by atoms with Gasteiger partial charge in [0.25, 0.3) is 0 Å². The van der Waals surface area contributed by atoms with Crippen molar-refractivity contribution in [3.8, 4) is 5.75 Å². The van der Waals surface area contributed by atoms with Gasteiger partial charge in [-0.1, -0.05) is 19.4 Å². The van der Waals surface area contributed by atoms with E-state index in [1.54, 1.807) is 6.07 Å². The molecule has 3 aliphatic rings. The number of aromatic hydroxyl groups is 1. The molecule has 2 fully saturated rings. The Morgan fingerprint density at radius 2 is 2.04 bits per heavy atom. The van der Waals surface area contributed by atoms with Gasteiger partial charge in [0.2, 0.25) is 0 Å². The van der Waals surface area contributed by atoms with E-state index in [9.17, 15) is 15.0 Å². The molecule has 0 amide bonds. The predicted octanol–water partition coefficient (Wildman–Crippen LogP) is 3.79. The Bertz CT molecular complexity index is 670. The molecule has 4 nitrogen and oxygen atoms in total. The number of phenols is 1. The third kappa shape index (κ3) is 3.02. The molecular formula is C22H30O4.